The average molecular weight is 503 g/mol. The number of carbonyl (C=O) groups is 3. The third-order valence-electron chi connectivity index (χ3n) is 6.88. The van der Waals surface area contributed by atoms with Crippen molar-refractivity contribution in [2.24, 2.45) is 5.41 Å². The maximum Gasteiger partial charge on any atom is 0.412 e. The maximum absolute atomic E-state index is 15.9. The molecule has 0 saturated carbocycles. The van der Waals surface area contributed by atoms with Crippen molar-refractivity contribution in [3.63, 3.8) is 0 Å². The van der Waals surface area contributed by atoms with E-state index in [1.165, 1.54) is 0 Å². The summed E-state index contributed by atoms with van der Waals surface area (Å²) in [5, 5.41) is 20.6. The Morgan fingerprint density at radius 3 is 2.97 bits per heavy atom. The van der Waals surface area contributed by atoms with Crippen molar-refractivity contribution < 1.29 is 37.9 Å². The number of morpholine rings is 1. The van der Waals surface area contributed by atoms with Gasteiger partial charge in [-0.25, -0.2) is 14.0 Å². The van der Waals surface area contributed by atoms with Crippen LogP contribution in [0.2, 0.25) is 0 Å². The zero-order valence-corrected chi connectivity index (χ0v) is 19.7. The third kappa shape index (κ3) is 3.75. The molecule has 0 aliphatic carbocycles. The van der Waals surface area contributed by atoms with Crippen molar-refractivity contribution in [1.82, 2.24) is 15.8 Å². The summed E-state index contributed by atoms with van der Waals surface area (Å²) in [5.41, 5.74) is -0.589. The van der Waals surface area contributed by atoms with Crippen molar-refractivity contribution in [3.05, 3.63) is 29.7 Å². The number of fused-ring (bicyclic) bond motifs is 5. The number of urea groups is 1. The number of hydrogen-bond donors (Lipinski definition) is 4. The van der Waals surface area contributed by atoms with Gasteiger partial charge in [-0.3, -0.25) is 15.4 Å². The van der Waals surface area contributed by atoms with E-state index in [0.717, 1.165) is 0 Å². The van der Waals surface area contributed by atoms with Crippen LogP contribution in [0.25, 0.3) is 11.0 Å². The largest absolute Gasteiger partial charge is 0.449 e. The van der Waals surface area contributed by atoms with Crippen LogP contribution in [0.4, 0.5) is 25.5 Å². The minimum absolute atomic E-state index is 0.0164. The predicted octanol–water partition coefficient (Wildman–Crippen LogP) is 1.78. The molecule has 3 aliphatic heterocycles. The summed E-state index contributed by atoms with van der Waals surface area (Å²) in [6.07, 6.45) is -1.47. The molecule has 1 aromatic carbocycles. The van der Waals surface area contributed by atoms with Crippen LogP contribution in [-0.2, 0) is 20.7 Å². The zero-order chi connectivity index (χ0) is 25.8. The van der Waals surface area contributed by atoms with E-state index < -0.39 is 41.4 Å². The predicted molar refractivity (Wildman–Crippen MR) is 124 cm³/mol. The molecular weight excluding hydrogens is 477 g/mol. The first kappa shape index (κ1) is 24.0. The molecule has 3 aliphatic rings. The van der Waals surface area contributed by atoms with Crippen LogP contribution in [0.1, 0.15) is 25.8 Å². The van der Waals surface area contributed by atoms with Crippen LogP contribution >= 0.6 is 0 Å². The number of imide groups is 1. The number of nitrogens with one attached hydrogen (secondary N) is 3. The molecule has 4 atom stereocenters. The molecule has 2 aromatic rings. The van der Waals surface area contributed by atoms with Gasteiger partial charge >= 0.3 is 12.1 Å². The SMILES string of the molecule is C=C1NC(=O)NC(=O)C12Cc1cc3c(NC(=O)OCC[C@@H](C)O)noc3c(F)c1N1C[C@@H](C)OC[C@@H]12. The summed E-state index contributed by atoms with van der Waals surface area (Å²) >= 11 is 0. The van der Waals surface area contributed by atoms with E-state index in [4.69, 9.17) is 14.0 Å². The van der Waals surface area contributed by atoms with E-state index in [9.17, 15) is 19.5 Å². The molecule has 36 heavy (non-hydrogen) atoms. The third-order valence-corrected chi connectivity index (χ3v) is 6.88. The first-order chi connectivity index (χ1) is 17.1. The minimum atomic E-state index is -1.31. The van der Waals surface area contributed by atoms with E-state index in [-0.39, 0.29) is 66.9 Å². The van der Waals surface area contributed by atoms with Gasteiger partial charge in [0, 0.05) is 18.7 Å². The molecule has 2 saturated heterocycles. The van der Waals surface area contributed by atoms with Gasteiger partial charge in [-0.15, -0.1) is 0 Å². The monoisotopic (exact) mass is 503 g/mol. The van der Waals surface area contributed by atoms with Gasteiger partial charge in [-0.2, -0.15) is 0 Å². The van der Waals surface area contributed by atoms with Gasteiger partial charge in [0.05, 0.1) is 42.5 Å². The van der Waals surface area contributed by atoms with Crippen LogP contribution in [0.5, 0.6) is 0 Å². The first-order valence-corrected chi connectivity index (χ1v) is 11.5. The number of aliphatic hydroxyl groups excluding tert-OH is 1. The molecule has 12 nitrogen and oxygen atoms in total. The lowest BCUT2D eigenvalue weighted by atomic mass is 9.67. The number of hydrogen-bond acceptors (Lipinski definition) is 9. The lowest BCUT2D eigenvalue weighted by molar-refractivity contribution is -0.133. The van der Waals surface area contributed by atoms with E-state index in [1.54, 1.807) is 17.9 Å². The second-order valence-corrected chi connectivity index (χ2v) is 9.35. The Bertz CT molecular complexity index is 1260. The molecule has 0 bridgehead atoms. The highest BCUT2D eigenvalue weighted by Gasteiger charge is 2.58. The van der Waals surface area contributed by atoms with Crippen molar-refractivity contribution in [2.75, 3.05) is 30.0 Å². The Morgan fingerprint density at radius 1 is 1.47 bits per heavy atom. The number of benzene rings is 1. The highest BCUT2D eigenvalue weighted by Crippen LogP contribution is 2.50. The number of carbonyl (C=O) groups excluding carboxylic acids is 3. The van der Waals surface area contributed by atoms with E-state index in [1.807, 2.05) is 6.92 Å². The Hall–Kier alpha value is -3.71. The molecule has 4 N–H and O–H groups in total. The van der Waals surface area contributed by atoms with Gasteiger partial charge in [0.2, 0.25) is 11.5 Å². The smallest absolute Gasteiger partial charge is 0.412 e. The summed E-state index contributed by atoms with van der Waals surface area (Å²) < 4.78 is 32.0. The number of anilines is 2. The maximum atomic E-state index is 15.9. The molecule has 4 amide bonds. The molecule has 1 aromatic heterocycles. The summed E-state index contributed by atoms with van der Waals surface area (Å²) in [6.45, 7) is 7.73. The van der Waals surface area contributed by atoms with Crippen LogP contribution in [0.15, 0.2) is 22.9 Å². The molecular formula is C23H26FN5O7. The molecule has 1 spiro atoms. The second kappa shape index (κ2) is 8.75. The molecule has 1 unspecified atom stereocenters. The summed E-state index contributed by atoms with van der Waals surface area (Å²) in [6, 6.07) is 0.287. The van der Waals surface area contributed by atoms with Gasteiger partial charge in [0.1, 0.15) is 5.41 Å². The van der Waals surface area contributed by atoms with Crippen molar-refractivity contribution in [1.29, 1.82) is 0 Å². The van der Waals surface area contributed by atoms with Crippen molar-refractivity contribution in [3.8, 4) is 0 Å². The molecule has 5 rings (SSSR count). The average Bonchev–Trinajstić information content (AvgIpc) is 3.19. The van der Waals surface area contributed by atoms with Crippen LogP contribution < -0.4 is 20.9 Å². The summed E-state index contributed by atoms with van der Waals surface area (Å²) in [4.78, 5) is 39.1. The highest BCUT2D eigenvalue weighted by molar-refractivity contribution is 6.05. The Balaban J connectivity index is 1.56. The lowest BCUT2D eigenvalue weighted by Crippen LogP contribution is -2.70. The molecule has 192 valence electrons. The Labute approximate surface area is 204 Å². The molecule has 0 radical (unpaired) electrons. The van der Waals surface area contributed by atoms with Gasteiger partial charge < -0.3 is 29.3 Å². The molecule has 13 heteroatoms. The normalized spacial score (nSPS) is 26.2. The van der Waals surface area contributed by atoms with E-state index in [0.29, 0.717) is 5.56 Å². The Kier molecular flexibility index (Phi) is 5.83. The van der Waals surface area contributed by atoms with E-state index >= 15 is 4.39 Å². The number of halogens is 1. The fourth-order valence-electron chi connectivity index (χ4n) is 5.12. The summed E-state index contributed by atoms with van der Waals surface area (Å²) in [7, 11) is 0. The van der Waals surface area contributed by atoms with Crippen molar-refractivity contribution in [2.45, 2.75) is 44.9 Å². The first-order valence-electron chi connectivity index (χ1n) is 11.5. The van der Waals surface area contributed by atoms with Crippen molar-refractivity contribution >= 4 is 40.5 Å². The zero-order valence-electron chi connectivity index (χ0n) is 19.7. The quantitative estimate of drug-likeness (QED) is 0.488. The van der Waals surface area contributed by atoms with Gasteiger partial charge in [0.15, 0.2) is 11.6 Å². The number of amides is 4. The Morgan fingerprint density at radius 2 is 2.25 bits per heavy atom. The molecule has 2 fully saturated rings. The topological polar surface area (TPSA) is 155 Å². The number of ether oxygens (including phenoxy) is 2. The number of aromatic nitrogens is 1. The van der Waals surface area contributed by atoms with Gasteiger partial charge in [-0.1, -0.05) is 11.7 Å². The van der Waals surface area contributed by atoms with Crippen LogP contribution in [0.3, 0.4) is 0 Å². The van der Waals surface area contributed by atoms with E-state index in [2.05, 4.69) is 27.7 Å². The fourth-order valence-corrected chi connectivity index (χ4v) is 5.12. The second-order valence-electron chi connectivity index (χ2n) is 9.35. The van der Waals surface area contributed by atoms with Gasteiger partial charge in [0.25, 0.3) is 0 Å². The number of rotatable bonds is 4. The van der Waals surface area contributed by atoms with Gasteiger partial charge in [-0.05, 0) is 31.9 Å². The number of aliphatic hydroxyl groups is 1. The lowest BCUT2D eigenvalue weighted by Gasteiger charge is -2.54. The standard InChI is InChI=1S/C23H26FN5O7/c1-10(30)4-5-34-22(33)26-19-14-6-13-7-23(12(3)25-21(32)27-20(23)31)15-9-35-11(2)8-29(15)17(13)16(24)18(14)36-28-19/h6,10-11,15,30H,3-5,7-9H2,1-2H3,(H,26,28,33)(H2,25,27,31,32)/t10-,11-,15-,23?/m1/s1. The minimum Gasteiger partial charge on any atom is -0.449 e. The fraction of sp³-hybridized carbons (Fsp3) is 0.478. The number of nitrogens with zero attached hydrogens (tertiary/aromatic N) is 2. The van der Waals surface area contributed by atoms with Crippen LogP contribution in [-0.4, -0.2) is 66.3 Å². The van der Waals surface area contributed by atoms with Crippen LogP contribution in [0, 0.1) is 11.2 Å². The molecule has 4 heterocycles. The summed E-state index contributed by atoms with van der Waals surface area (Å²) in [5.74, 6) is -1.30. The highest BCUT2D eigenvalue weighted by atomic mass is 19.1.